The first kappa shape index (κ1) is 8.33. The Balaban J connectivity index is 2.37. The average Bonchev–Trinajstić information content (AvgIpc) is 2.31. The summed E-state index contributed by atoms with van der Waals surface area (Å²) in [5, 5.41) is 0.432. The van der Waals surface area contributed by atoms with Crippen molar-refractivity contribution in [2.75, 3.05) is 0 Å². The zero-order chi connectivity index (χ0) is 8.72. The summed E-state index contributed by atoms with van der Waals surface area (Å²) in [6.07, 6.45) is 4.25. The SMILES string of the molecule is O=C1C2=C(CCC(Cl)=C2)CC1Cl. The Kier molecular flexibility index (Phi) is 2.01. The molecular formula is C9H8Cl2O. The summed E-state index contributed by atoms with van der Waals surface area (Å²) in [6, 6.07) is 0. The second-order valence-corrected chi connectivity index (χ2v) is 4.16. The molecule has 0 aliphatic heterocycles. The third-order valence-corrected chi connectivity index (χ3v) is 2.97. The number of allylic oxidation sites excluding steroid dienone is 4. The highest BCUT2D eigenvalue weighted by Crippen LogP contribution is 2.36. The van der Waals surface area contributed by atoms with Gasteiger partial charge in [-0.25, -0.2) is 0 Å². The van der Waals surface area contributed by atoms with Gasteiger partial charge in [-0.1, -0.05) is 17.2 Å². The van der Waals surface area contributed by atoms with Gasteiger partial charge in [0.05, 0.1) is 0 Å². The van der Waals surface area contributed by atoms with Crippen molar-refractivity contribution in [2.45, 2.75) is 24.6 Å². The third-order valence-electron chi connectivity index (χ3n) is 2.32. The largest absolute Gasteiger partial charge is 0.292 e. The van der Waals surface area contributed by atoms with Crippen LogP contribution in [0.3, 0.4) is 0 Å². The van der Waals surface area contributed by atoms with Gasteiger partial charge in [0.15, 0.2) is 5.78 Å². The van der Waals surface area contributed by atoms with Crippen molar-refractivity contribution in [3.8, 4) is 0 Å². The summed E-state index contributed by atoms with van der Waals surface area (Å²) in [4.78, 5) is 11.4. The van der Waals surface area contributed by atoms with E-state index in [0.717, 1.165) is 29.9 Å². The van der Waals surface area contributed by atoms with E-state index in [2.05, 4.69) is 0 Å². The van der Waals surface area contributed by atoms with E-state index in [1.54, 1.807) is 6.08 Å². The fraction of sp³-hybridized carbons (Fsp3) is 0.444. The molecule has 0 heterocycles. The first-order chi connectivity index (χ1) is 5.68. The number of carbonyl (C=O) groups is 1. The van der Waals surface area contributed by atoms with Gasteiger partial charge in [0.25, 0.3) is 0 Å². The molecule has 2 aliphatic carbocycles. The Labute approximate surface area is 81.0 Å². The standard InChI is InChI=1S/C9H8Cl2O/c10-6-2-1-5-3-8(11)9(12)7(5)4-6/h4,8H,1-3H2. The van der Waals surface area contributed by atoms with Crippen LogP contribution >= 0.6 is 23.2 Å². The predicted molar refractivity (Wildman–Crippen MR) is 49.5 cm³/mol. The number of rotatable bonds is 0. The lowest BCUT2D eigenvalue weighted by Gasteiger charge is -2.08. The first-order valence-electron chi connectivity index (χ1n) is 3.95. The fourth-order valence-electron chi connectivity index (χ4n) is 1.67. The molecule has 0 bridgehead atoms. The number of Topliss-reactive ketones (excluding diaryl/α,β-unsaturated/α-hetero) is 1. The van der Waals surface area contributed by atoms with E-state index in [4.69, 9.17) is 23.2 Å². The van der Waals surface area contributed by atoms with Gasteiger partial charge in [0, 0.05) is 10.6 Å². The van der Waals surface area contributed by atoms with Gasteiger partial charge in [-0.05, 0) is 25.3 Å². The maximum Gasteiger partial charge on any atom is 0.180 e. The van der Waals surface area contributed by atoms with Gasteiger partial charge in [-0.3, -0.25) is 4.79 Å². The summed E-state index contributed by atoms with van der Waals surface area (Å²) >= 11 is 11.6. The van der Waals surface area contributed by atoms with Crippen LogP contribution in [0, 0.1) is 0 Å². The molecule has 0 aromatic rings. The highest BCUT2D eigenvalue weighted by Gasteiger charge is 2.31. The lowest BCUT2D eigenvalue weighted by molar-refractivity contribution is -0.114. The molecule has 2 aliphatic rings. The zero-order valence-corrected chi connectivity index (χ0v) is 7.95. The summed E-state index contributed by atoms with van der Waals surface area (Å²) in [5.41, 5.74) is 1.95. The van der Waals surface area contributed by atoms with Gasteiger partial charge in [0.1, 0.15) is 5.38 Å². The van der Waals surface area contributed by atoms with E-state index in [1.807, 2.05) is 0 Å². The first-order valence-corrected chi connectivity index (χ1v) is 4.76. The molecule has 12 heavy (non-hydrogen) atoms. The van der Waals surface area contributed by atoms with Crippen molar-refractivity contribution >= 4 is 29.0 Å². The number of hydrogen-bond acceptors (Lipinski definition) is 1. The van der Waals surface area contributed by atoms with Crippen LogP contribution in [0.15, 0.2) is 22.3 Å². The van der Waals surface area contributed by atoms with Gasteiger partial charge >= 0.3 is 0 Å². The van der Waals surface area contributed by atoms with E-state index >= 15 is 0 Å². The van der Waals surface area contributed by atoms with Crippen molar-refractivity contribution < 1.29 is 4.79 Å². The highest BCUT2D eigenvalue weighted by atomic mass is 35.5. The van der Waals surface area contributed by atoms with Crippen molar-refractivity contribution in [1.29, 1.82) is 0 Å². The van der Waals surface area contributed by atoms with Crippen LogP contribution in [-0.2, 0) is 4.79 Å². The van der Waals surface area contributed by atoms with Gasteiger partial charge in [-0.2, -0.15) is 0 Å². The smallest absolute Gasteiger partial charge is 0.180 e. The minimum Gasteiger partial charge on any atom is -0.292 e. The van der Waals surface area contributed by atoms with Crippen LogP contribution in [0.2, 0.25) is 0 Å². The molecule has 64 valence electrons. The Morgan fingerprint density at radius 3 is 2.92 bits per heavy atom. The normalized spacial score (nSPS) is 29.0. The maximum absolute atomic E-state index is 11.4. The molecule has 1 atom stereocenters. The van der Waals surface area contributed by atoms with Crippen LogP contribution in [-0.4, -0.2) is 11.2 Å². The molecule has 0 fully saturated rings. The summed E-state index contributed by atoms with van der Waals surface area (Å²) in [5.74, 6) is 0.0458. The average molecular weight is 203 g/mol. The topological polar surface area (TPSA) is 17.1 Å². The Bertz CT molecular complexity index is 302. The van der Waals surface area contributed by atoms with Crippen molar-refractivity contribution in [1.82, 2.24) is 0 Å². The molecule has 0 amide bonds. The molecule has 0 aromatic heterocycles. The summed E-state index contributed by atoms with van der Waals surface area (Å²) in [6.45, 7) is 0. The van der Waals surface area contributed by atoms with E-state index in [0.29, 0.717) is 0 Å². The van der Waals surface area contributed by atoms with Crippen LogP contribution in [0.4, 0.5) is 0 Å². The molecule has 0 saturated heterocycles. The van der Waals surface area contributed by atoms with Gasteiger partial charge in [-0.15, -0.1) is 11.6 Å². The lowest BCUT2D eigenvalue weighted by Crippen LogP contribution is -2.08. The number of halogens is 2. The number of ketones is 1. The van der Waals surface area contributed by atoms with E-state index < -0.39 is 0 Å². The zero-order valence-electron chi connectivity index (χ0n) is 6.44. The van der Waals surface area contributed by atoms with Crippen molar-refractivity contribution in [2.24, 2.45) is 0 Å². The molecule has 1 unspecified atom stereocenters. The fourth-order valence-corrected chi connectivity index (χ4v) is 2.18. The van der Waals surface area contributed by atoms with Crippen LogP contribution in [0.25, 0.3) is 0 Å². The van der Waals surface area contributed by atoms with Crippen LogP contribution < -0.4 is 0 Å². The molecule has 2 rings (SSSR count). The second kappa shape index (κ2) is 2.90. The van der Waals surface area contributed by atoms with E-state index in [9.17, 15) is 4.79 Å². The Morgan fingerprint density at radius 1 is 1.42 bits per heavy atom. The number of alkyl halides is 1. The molecular weight excluding hydrogens is 195 g/mol. The quantitative estimate of drug-likeness (QED) is 0.553. The third kappa shape index (κ3) is 1.21. The molecule has 3 heteroatoms. The lowest BCUT2D eigenvalue weighted by atomic mass is 10.00. The van der Waals surface area contributed by atoms with Crippen molar-refractivity contribution in [3.05, 3.63) is 22.3 Å². The van der Waals surface area contributed by atoms with Crippen LogP contribution in [0.5, 0.6) is 0 Å². The van der Waals surface area contributed by atoms with Crippen LogP contribution in [0.1, 0.15) is 19.3 Å². The Morgan fingerprint density at radius 2 is 2.17 bits per heavy atom. The molecule has 0 N–H and O–H groups in total. The summed E-state index contributed by atoms with van der Waals surface area (Å²) < 4.78 is 0. The van der Waals surface area contributed by atoms with E-state index in [1.165, 1.54) is 5.57 Å². The van der Waals surface area contributed by atoms with Gasteiger partial charge < -0.3 is 0 Å². The van der Waals surface area contributed by atoms with Gasteiger partial charge in [0.2, 0.25) is 0 Å². The molecule has 0 saturated carbocycles. The van der Waals surface area contributed by atoms with E-state index in [-0.39, 0.29) is 11.2 Å². The highest BCUT2D eigenvalue weighted by molar-refractivity contribution is 6.36. The number of hydrogen-bond donors (Lipinski definition) is 0. The van der Waals surface area contributed by atoms with Crippen molar-refractivity contribution in [3.63, 3.8) is 0 Å². The molecule has 0 spiro atoms. The predicted octanol–water partition coefficient (Wildman–Crippen LogP) is 2.78. The molecule has 0 aromatic carbocycles. The minimum absolute atomic E-state index is 0.0458. The molecule has 1 nitrogen and oxygen atoms in total. The monoisotopic (exact) mass is 202 g/mol. The summed E-state index contributed by atoms with van der Waals surface area (Å²) in [7, 11) is 0. The number of carbonyl (C=O) groups excluding carboxylic acids is 1. The molecule has 0 radical (unpaired) electrons. The Hall–Kier alpha value is -0.270. The minimum atomic E-state index is -0.339. The second-order valence-electron chi connectivity index (χ2n) is 3.14. The maximum atomic E-state index is 11.4.